The van der Waals surface area contributed by atoms with Crippen LogP contribution in [0.4, 0.5) is 0 Å². The van der Waals surface area contributed by atoms with Gasteiger partial charge < -0.3 is 10.1 Å². The number of nitrogens with one attached hydrogen (secondary N) is 1. The zero-order valence-electron chi connectivity index (χ0n) is 16.9. The first-order valence-corrected chi connectivity index (χ1v) is 9.97. The molecule has 1 amide bonds. The Labute approximate surface area is 174 Å². The van der Waals surface area contributed by atoms with Crippen LogP contribution in [0.25, 0.3) is 10.9 Å². The minimum Gasteiger partial charge on any atom is -0.491 e. The van der Waals surface area contributed by atoms with Gasteiger partial charge in [0.1, 0.15) is 17.0 Å². The zero-order chi connectivity index (χ0) is 20.7. The fourth-order valence-corrected chi connectivity index (χ4v) is 4.19. The second-order valence-corrected chi connectivity index (χ2v) is 7.72. The number of ether oxygens (including phenoxy) is 1. The van der Waals surface area contributed by atoms with Gasteiger partial charge in [-0.3, -0.25) is 14.5 Å². The molecule has 4 aromatic rings. The summed E-state index contributed by atoms with van der Waals surface area (Å²) in [6.07, 6.45) is 4.21. The Morgan fingerprint density at radius 2 is 1.97 bits per heavy atom. The van der Waals surface area contributed by atoms with Crippen LogP contribution in [-0.4, -0.2) is 27.3 Å². The lowest BCUT2D eigenvalue weighted by molar-refractivity contribution is 0.0885. The Balaban J connectivity index is 1.65. The van der Waals surface area contributed by atoms with E-state index >= 15 is 0 Å². The highest BCUT2D eigenvalue weighted by Crippen LogP contribution is 2.40. The average molecular weight is 398 g/mol. The number of benzene rings is 2. The van der Waals surface area contributed by atoms with Gasteiger partial charge in [-0.2, -0.15) is 5.10 Å². The van der Waals surface area contributed by atoms with Gasteiger partial charge in [-0.05, 0) is 36.8 Å². The molecule has 0 saturated carbocycles. The van der Waals surface area contributed by atoms with Crippen LogP contribution in [0.1, 0.15) is 33.6 Å². The van der Waals surface area contributed by atoms with Crippen molar-refractivity contribution >= 4 is 16.8 Å². The van der Waals surface area contributed by atoms with Crippen LogP contribution in [0.15, 0.2) is 67.0 Å². The molecule has 2 aromatic carbocycles. The summed E-state index contributed by atoms with van der Waals surface area (Å²) in [6, 6.07) is 17.6. The topological polar surface area (TPSA) is 69.0 Å². The van der Waals surface area contributed by atoms with Gasteiger partial charge in [-0.15, -0.1) is 0 Å². The maximum atomic E-state index is 13.6. The largest absolute Gasteiger partial charge is 0.491 e. The third-order valence-corrected chi connectivity index (χ3v) is 5.69. The SMILES string of the molecule is Cc1ccc([C@@]2(NC(=O)c3cccc4nn(C)cc34)CCOc3cccnc32)cc1. The van der Waals surface area contributed by atoms with Crippen LogP contribution >= 0.6 is 0 Å². The Hall–Kier alpha value is -3.67. The maximum absolute atomic E-state index is 13.6. The molecule has 150 valence electrons. The van der Waals surface area contributed by atoms with Crippen molar-refractivity contribution in [2.24, 2.45) is 7.05 Å². The standard InChI is InChI=1S/C24H22N4O2/c1-16-8-10-17(11-9-16)24(12-14-30-21-7-4-13-25-22(21)24)26-23(29)18-5-3-6-20-19(18)15-28(2)27-20/h3-11,13,15H,12,14H2,1-2H3,(H,26,29)/t24-/m0/s1. The monoisotopic (exact) mass is 398 g/mol. The number of carbonyl (C=O) groups is 1. The fraction of sp³-hybridized carbons (Fsp3) is 0.208. The van der Waals surface area contributed by atoms with Crippen molar-refractivity contribution in [3.05, 3.63) is 89.4 Å². The number of amides is 1. The molecule has 0 fully saturated rings. The first kappa shape index (κ1) is 18.4. The number of fused-ring (bicyclic) bond motifs is 2. The quantitative estimate of drug-likeness (QED) is 0.571. The van der Waals surface area contributed by atoms with E-state index in [-0.39, 0.29) is 5.91 Å². The first-order valence-electron chi connectivity index (χ1n) is 9.97. The van der Waals surface area contributed by atoms with Gasteiger partial charge in [-0.1, -0.05) is 35.9 Å². The van der Waals surface area contributed by atoms with Gasteiger partial charge in [0.15, 0.2) is 0 Å². The summed E-state index contributed by atoms with van der Waals surface area (Å²) in [4.78, 5) is 18.2. The number of aromatic nitrogens is 3. The molecule has 0 saturated heterocycles. The Bertz CT molecular complexity index is 1250. The van der Waals surface area contributed by atoms with Crippen molar-refractivity contribution in [2.45, 2.75) is 18.9 Å². The number of carbonyl (C=O) groups excluding carboxylic acids is 1. The lowest BCUT2D eigenvalue weighted by Gasteiger charge is -2.39. The van der Waals surface area contributed by atoms with Crippen LogP contribution in [0.5, 0.6) is 5.75 Å². The molecule has 3 heterocycles. The molecule has 0 spiro atoms. The average Bonchev–Trinajstić information content (AvgIpc) is 3.14. The van der Waals surface area contributed by atoms with Crippen molar-refractivity contribution < 1.29 is 9.53 Å². The van der Waals surface area contributed by atoms with Crippen LogP contribution in [0.3, 0.4) is 0 Å². The highest BCUT2D eigenvalue weighted by molar-refractivity contribution is 6.06. The molecule has 1 aliphatic heterocycles. The van der Waals surface area contributed by atoms with Crippen molar-refractivity contribution in [1.29, 1.82) is 0 Å². The van der Waals surface area contributed by atoms with Crippen LogP contribution in [-0.2, 0) is 12.6 Å². The Kier molecular flexibility index (Phi) is 4.28. The summed E-state index contributed by atoms with van der Waals surface area (Å²) in [7, 11) is 1.86. The highest BCUT2D eigenvalue weighted by atomic mass is 16.5. The van der Waals surface area contributed by atoms with Crippen molar-refractivity contribution in [3.8, 4) is 5.75 Å². The molecule has 30 heavy (non-hydrogen) atoms. The summed E-state index contributed by atoms with van der Waals surface area (Å²) < 4.78 is 7.58. The third-order valence-electron chi connectivity index (χ3n) is 5.69. The molecule has 1 aliphatic rings. The number of pyridine rings is 1. The predicted molar refractivity (Wildman–Crippen MR) is 114 cm³/mol. The van der Waals surface area contributed by atoms with Gasteiger partial charge >= 0.3 is 0 Å². The third kappa shape index (κ3) is 2.92. The Morgan fingerprint density at radius 3 is 2.80 bits per heavy atom. The van der Waals surface area contributed by atoms with Gasteiger partial charge in [0, 0.05) is 31.2 Å². The molecule has 6 heteroatoms. The molecule has 2 aromatic heterocycles. The van der Waals surface area contributed by atoms with E-state index in [1.807, 2.05) is 50.5 Å². The molecule has 5 rings (SSSR count). The molecular formula is C24H22N4O2. The summed E-state index contributed by atoms with van der Waals surface area (Å²) >= 11 is 0. The minimum atomic E-state index is -0.774. The van der Waals surface area contributed by atoms with Crippen LogP contribution in [0.2, 0.25) is 0 Å². The Morgan fingerprint density at radius 1 is 1.13 bits per heavy atom. The van der Waals surface area contributed by atoms with Gasteiger partial charge in [0.25, 0.3) is 5.91 Å². The number of hydrogen-bond donors (Lipinski definition) is 1. The maximum Gasteiger partial charge on any atom is 0.253 e. The molecule has 0 unspecified atom stereocenters. The van der Waals surface area contributed by atoms with Gasteiger partial charge in [-0.25, -0.2) is 0 Å². The van der Waals surface area contributed by atoms with Gasteiger partial charge in [0.2, 0.25) is 0 Å². The number of rotatable bonds is 3. The molecule has 1 N–H and O–H groups in total. The van der Waals surface area contributed by atoms with Crippen molar-refractivity contribution in [3.63, 3.8) is 0 Å². The highest BCUT2D eigenvalue weighted by Gasteiger charge is 2.42. The molecule has 1 atom stereocenters. The lowest BCUT2D eigenvalue weighted by Crippen LogP contribution is -2.50. The van der Waals surface area contributed by atoms with Crippen LogP contribution < -0.4 is 10.1 Å². The lowest BCUT2D eigenvalue weighted by atomic mass is 9.81. The molecule has 0 radical (unpaired) electrons. The van der Waals surface area contributed by atoms with E-state index in [1.165, 1.54) is 0 Å². The smallest absolute Gasteiger partial charge is 0.253 e. The normalized spacial score (nSPS) is 17.9. The second-order valence-electron chi connectivity index (χ2n) is 7.72. The molecule has 0 aliphatic carbocycles. The van der Waals surface area contributed by atoms with E-state index in [4.69, 9.17) is 4.74 Å². The number of hydrogen-bond acceptors (Lipinski definition) is 4. The van der Waals surface area contributed by atoms with Gasteiger partial charge in [0.05, 0.1) is 17.7 Å². The zero-order valence-corrected chi connectivity index (χ0v) is 16.9. The molecule has 0 bridgehead atoms. The van der Waals surface area contributed by atoms with Crippen LogP contribution in [0, 0.1) is 6.92 Å². The summed E-state index contributed by atoms with van der Waals surface area (Å²) in [5.41, 5.74) is 3.49. The fourth-order valence-electron chi connectivity index (χ4n) is 4.19. The van der Waals surface area contributed by atoms with E-state index in [1.54, 1.807) is 10.9 Å². The molecular weight excluding hydrogens is 376 g/mol. The van der Waals surface area contributed by atoms with Crippen molar-refractivity contribution in [1.82, 2.24) is 20.1 Å². The van der Waals surface area contributed by atoms with E-state index in [9.17, 15) is 4.79 Å². The van der Waals surface area contributed by atoms with E-state index in [0.29, 0.717) is 24.3 Å². The van der Waals surface area contributed by atoms with E-state index < -0.39 is 5.54 Å². The first-order chi connectivity index (χ1) is 14.6. The number of aryl methyl sites for hydroxylation is 2. The summed E-state index contributed by atoms with van der Waals surface area (Å²) in [5, 5.41) is 8.58. The second kappa shape index (κ2) is 6.99. The number of nitrogens with zero attached hydrogens (tertiary/aromatic N) is 3. The van der Waals surface area contributed by atoms with Crippen molar-refractivity contribution in [2.75, 3.05) is 6.61 Å². The van der Waals surface area contributed by atoms with E-state index in [2.05, 4.69) is 39.7 Å². The van der Waals surface area contributed by atoms with E-state index in [0.717, 1.165) is 27.7 Å². The predicted octanol–water partition coefficient (Wildman–Crippen LogP) is 3.73. The summed E-state index contributed by atoms with van der Waals surface area (Å²) in [5.74, 6) is 0.539. The molecule has 6 nitrogen and oxygen atoms in total. The summed E-state index contributed by atoms with van der Waals surface area (Å²) in [6.45, 7) is 2.54. The minimum absolute atomic E-state index is 0.160.